The zero-order chi connectivity index (χ0) is 12.8. The minimum atomic E-state index is -1.40. The van der Waals surface area contributed by atoms with Crippen molar-refractivity contribution < 1.29 is 14.7 Å². The van der Waals surface area contributed by atoms with Crippen molar-refractivity contribution in [1.29, 1.82) is 0 Å². The quantitative estimate of drug-likeness (QED) is 0.580. The number of primary amides is 1. The number of hydrogen-bond donors (Lipinski definition) is 2. The van der Waals surface area contributed by atoms with Crippen molar-refractivity contribution in [1.82, 2.24) is 5.01 Å². The number of carbonyl (C=O) groups is 2. The Kier molecular flexibility index (Phi) is 4.15. The van der Waals surface area contributed by atoms with E-state index in [0.717, 1.165) is 0 Å². The average Bonchev–Trinajstić information content (AvgIpc) is 2.29. The fourth-order valence-electron chi connectivity index (χ4n) is 1.37. The van der Waals surface area contributed by atoms with Crippen molar-refractivity contribution in [2.75, 3.05) is 0 Å². The topological polar surface area (TPSA) is 113 Å². The summed E-state index contributed by atoms with van der Waals surface area (Å²) < 4.78 is 0. The number of urea groups is 1. The molecule has 1 unspecified atom stereocenters. The van der Waals surface area contributed by atoms with E-state index < -0.39 is 18.0 Å². The van der Waals surface area contributed by atoms with Gasteiger partial charge >= 0.3 is 12.0 Å². The van der Waals surface area contributed by atoms with Crippen LogP contribution >= 0.6 is 0 Å². The van der Waals surface area contributed by atoms with Gasteiger partial charge in [-0.2, -0.15) is 5.01 Å². The molecule has 1 aromatic rings. The number of nitroso groups, excluding NO2 is 1. The van der Waals surface area contributed by atoms with E-state index in [2.05, 4.69) is 5.29 Å². The Morgan fingerprint density at radius 3 is 2.35 bits per heavy atom. The van der Waals surface area contributed by atoms with Crippen molar-refractivity contribution in [3.05, 3.63) is 40.8 Å². The van der Waals surface area contributed by atoms with Gasteiger partial charge in [-0.1, -0.05) is 30.3 Å². The van der Waals surface area contributed by atoms with Gasteiger partial charge in [0.2, 0.25) is 0 Å². The molecule has 0 fully saturated rings. The lowest BCUT2D eigenvalue weighted by molar-refractivity contribution is -0.142. The molecule has 0 saturated heterocycles. The van der Waals surface area contributed by atoms with Gasteiger partial charge in [-0.15, -0.1) is 4.91 Å². The predicted molar refractivity (Wildman–Crippen MR) is 58.8 cm³/mol. The molecule has 90 valence electrons. The van der Waals surface area contributed by atoms with Crippen molar-refractivity contribution in [3.63, 3.8) is 0 Å². The Bertz CT molecular complexity index is 421. The molecular weight excluding hydrogens is 226 g/mol. The first-order chi connectivity index (χ1) is 8.06. The average molecular weight is 237 g/mol. The molecule has 3 N–H and O–H groups in total. The Morgan fingerprint density at radius 1 is 1.35 bits per heavy atom. The van der Waals surface area contributed by atoms with E-state index in [4.69, 9.17) is 10.8 Å². The molecule has 0 spiro atoms. The fourth-order valence-corrected chi connectivity index (χ4v) is 1.37. The first kappa shape index (κ1) is 12.6. The molecule has 0 aromatic heterocycles. The second kappa shape index (κ2) is 5.59. The molecule has 17 heavy (non-hydrogen) atoms. The van der Waals surface area contributed by atoms with E-state index in [1.807, 2.05) is 0 Å². The fraction of sp³-hybridized carbons (Fsp3) is 0.200. The van der Waals surface area contributed by atoms with Crippen LogP contribution in [-0.2, 0) is 11.2 Å². The minimum Gasteiger partial charge on any atom is -0.480 e. The number of hydrogen-bond acceptors (Lipinski definition) is 4. The van der Waals surface area contributed by atoms with E-state index in [9.17, 15) is 14.5 Å². The normalized spacial score (nSPS) is 11.5. The van der Waals surface area contributed by atoms with Gasteiger partial charge in [-0.25, -0.2) is 9.59 Å². The first-order valence-corrected chi connectivity index (χ1v) is 4.75. The molecule has 0 aliphatic rings. The summed E-state index contributed by atoms with van der Waals surface area (Å²) in [6, 6.07) is 5.98. The Balaban J connectivity index is 2.90. The molecule has 0 aliphatic heterocycles. The highest BCUT2D eigenvalue weighted by atomic mass is 16.4. The Hall–Kier alpha value is -2.44. The number of amides is 2. The summed E-state index contributed by atoms with van der Waals surface area (Å²) in [5.41, 5.74) is 5.53. The van der Waals surface area contributed by atoms with Gasteiger partial charge in [0.25, 0.3) is 0 Å². The number of nitrogens with zero attached hydrogens (tertiary/aromatic N) is 2. The lowest BCUT2D eigenvalue weighted by Gasteiger charge is -2.19. The van der Waals surface area contributed by atoms with Crippen molar-refractivity contribution in [2.45, 2.75) is 12.5 Å². The van der Waals surface area contributed by atoms with Crippen LogP contribution in [0.25, 0.3) is 0 Å². The van der Waals surface area contributed by atoms with Gasteiger partial charge in [0, 0.05) is 6.42 Å². The summed E-state index contributed by atoms with van der Waals surface area (Å²) >= 11 is 0. The van der Waals surface area contributed by atoms with Crippen LogP contribution in [0, 0.1) is 4.91 Å². The molecule has 0 saturated carbocycles. The van der Waals surface area contributed by atoms with Crippen LogP contribution in [0.15, 0.2) is 35.6 Å². The number of carboxylic acids is 1. The zero-order valence-corrected chi connectivity index (χ0v) is 8.81. The summed E-state index contributed by atoms with van der Waals surface area (Å²) in [7, 11) is 0. The number of rotatable bonds is 5. The van der Waals surface area contributed by atoms with Crippen molar-refractivity contribution >= 4 is 12.0 Å². The third kappa shape index (κ3) is 3.26. The van der Waals surface area contributed by atoms with Gasteiger partial charge in [-0.3, -0.25) is 0 Å². The van der Waals surface area contributed by atoms with E-state index >= 15 is 0 Å². The van der Waals surface area contributed by atoms with E-state index in [-0.39, 0.29) is 11.4 Å². The Labute approximate surface area is 96.8 Å². The van der Waals surface area contributed by atoms with Crippen LogP contribution in [-0.4, -0.2) is 28.2 Å². The standard InChI is InChI=1S/C10H11N3O4/c11-10(16)13(12-17)8(9(14)15)6-7-4-2-1-3-5-7/h1-5,8H,6H2,(H2,11,16)(H,14,15). The van der Waals surface area contributed by atoms with E-state index in [1.54, 1.807) is 30.3 Å². The summed E-state index contributed by atoms with van der Waals surface area (Å²) in [5.74, 6) is -1.34. The van der Waals surface area contributed by atoms with Crippen LogP contribution in [0.4, 0.5) is 4.79 Å². The number of carboxylic acid groups (broad SMARTS) is 1. The second-order valence-corrected chi connectivity index (χ2v) is 3.31. The lowest BCUT2D eigenvalue weighted by atomic mass is 10.1. The molecule has 0 aliphatic carbocycles. The third-order valence-electron chi connectivity index (χ3n) is 2.17. The highest BCUT2D eigenvalue weighted by Gasteiger charge is 2.29. The zero-order valence-electron chi connectivity index (χ0n) is 8.81. The van der Waals surface area contributed by atoms with Crippen molar-refractivity contribution in [2.24, 2.45) is 11.0 Å². The van der Waals surface area contributed by atoms with Gasteiger partial charge < -0.3 is 10.8 Å². The van der Waals surface area contributed by atoms with Crippen LogP contribution < -0.4 is 5.73 Å². The van der Waals surface area contributed by atoms with Gasteiger partial charge in [0.15, 0.2) is 6.04 Å². The van der Waals surface area contributed by atoms with Crippen LogP contribution in [0.5, 0.6) is 0 Å². The molecule has 7 nitrogen and oxygen atoms in total. The second-order valence-electron chi connectivity index (χ2n) is 3.31. The largest absolute Gasteiger partial charge is 0.480 e. The van der Waals surface area contributed by atoms with Gasteiger partial charge in [0.05, 0.1) is 5.29 Å². The molecular formula is C10H11N3O4. The van der Waals surface area contributed by atoms with Crippen LogP contribution in [0.1, 0.15) is 5.56 Å². The van der Waals surface area contributed by atoms with Gasteiger partial charge in [0.1, 0.15) is 0 Å². The summed E-state index contributed by atoms with van der Waals surface area (Å²) in [6.07, 6.45) is -0.0369. The lowest BCUT2D eigenvalue weighted by Crippen LogP contribution is -2.45. The smallest absolute Gasteiger partial charge is 0.338 e. The monoisotopic (exact) mass is 237 g/mol. The number of aliphatic carboxylic acids is 1. The van der Waals surface area contributed by atoms with E-state index in [0.29, 0.717) is 5.56 Å². The first-order valence-electron chi connectivity index (χ1n) is 4.75. The minimum absolute atomic E-state index is 0.0369. The molecule has 1 aromatic carbocycles. The summed E-state index contributed by atoms with van der Waals surface area (Å²) in [6.45, 7) is 0. The molecule has 7 heteroatoms. The van der Waals surface area contributed by atoms with Gasteiger partial charge in [-0.05, 0) is 5.56 Å². The SMILES string of the molecule is NC(=O)N(N=O)C(Cc1ccccc1)C(=O)O. The predicted octanol–water partition coefficient (Wildman–Crippen LogP) is 0.744. The maximum absolute atomic E-state index is 11.0. The van der Waals surface area contributed by atoms with Crippen LogP contribution in [0.3, 0.4) is 0 Å². The van der Waals surface area contributed by atoms with E-state index in [1.165, 1.54) is 0 Å². The maximum atomic E-state index is 11.0. The number of benzene rings is 1. The number of carbonyl (C=O) groups excluding carboxylic acids is 1. The summed E-state index contributed by atoms with van der Waals surface area (Å²) in [4.78, 5) is 32.2. The van der Waals surface area contributed by atoms with Crippen molar-refractivity contribution in [3.8, 4) is 0 Å². The highest BCUT2D eigenvalue weighted by Crippen LogP contribution is 2.09. The third-order valence-corrected chi connectivity index (χ3v) is 2.17. The molecule has 0 bridgehead atoms. The highest BCUT2D eigenvalue weighted by molar-refractivity contribution is 5.81. The molecule has 0 radical (unpaired) electrons. The van der Waals surface area contributed by atoms with Crippen LogP contribution in [0.2, 0.25) is 0 Å². The molecule has 0 heterocycles. The summed E-state index contributed by atoms with van der Waals surface area (Å²) in [5, 5.41) is 11.5. The number of nitrogens with two attached hydrogens (primary N) is 1. The molecule has 1 atom stereocenters. The molecule has 2 amide bonds. The maximum Gasteiger partial charge on any atom is 0.338 e. The molecule has 1 rings (SSSR count). The Morgan fingerprint density at radius 2 is 1.94 bits per heavy atom.